The molecule has 0 spiro atoms. The maximum Gasteiger partial charge on any atom is 0.490 e. The van der Waals surface area contributed by atoms with Crippen molar-refractivity contribution in [1.29, 1.82) is 0 Å². The highest BCUT2D eigenvalue weighted by atomic mass is 31.3. The van der Waals surface area contributed by atoms with Gasteiger partial charge in [-0.15, -0.1) is 0 Å². The largest absolute Gasteiger partial charge is 0.490 e. The summed E-state index contributed by atoms with van der Waals surface area (Å²) in [6, 6.07) is 1.71. The Hall–Kier alpha value is -1.09. The van der Waals surface area contributed by atoms with Crippen LogP contribution in [0.1, 0.15) is 11.8 Å². The molecule has 0 radical (unpaired) electrons. The molecule has 6 atom stereocenters. The van der Waals surface area contributed by atoms with Crippen molar-refractivity contribution >= 4 is 34.6 Å². The first-order chi connectivity index (χ1) is 14.2. The molecule has 0 bridgehead atoms. The molecule has 2 aromatic rings. The van der Waals surface area contributed by atoms with E-state index in [2.05, 4.69) is 23.1 Å². The van der Waals surface area contributed by atoms with Gasteiger partial charge in [0.15, 0.2) is 11.9 Å². The van der Waals surface area contributed by atoms with Gasteiger partial charge in [0.1, 0.15) is 23.8 Å². The summed E-state index contributed by atoms with van der Waals surface area (Å²) < 4.78 is 52.2. The molecule has 31 heavy (non-hydrogen) atoms. The molecule has 0 aliphatic carbocycles. The molecule has 3 rings (SSSR count). The van der Waals surface area contributed by atoms with Gasteiger partial charge in [-0.2, -0.15) is 8.62 Å². The lowest BCUT2D eigenvalue weighted by molar-refractivity contribution is -0.0503. The Morgan fingerprint density at radius 3 is 2.39 bits per heavy atom. The molecule has 2 aromatic heterocycles. The van der Waals surface area contributed by atoms with E-state index in [1.807, 2.05) is 0 Å². The number of aliphatic hydroxyl groups is 2. The van der Waals surface area contributed by atoms with E-state index in [4.69, 9.17) is 19.4 Å². The number of aryl methyl sites for hydroxylation is 1. The monoisotopic (exact) mass is 505 g/mol. The first-order valence-electron chi connectivity index (χ1n) is 8.27. The molecule has 6 N–H and O–H groups in total. The van der Waals surface area contributed by atoms with E-state index in [0.29, 0.717) is 11.2 Å². The minimum Gasteiger partial charge on any atom is -0.387 e. The molecule has 174 valence electrons. The van der Waals surface area contributed by atoms with Gasteiger partial charge in [-0.3, -0.25) is 9.09 Å². The Bertz CT molecular complexity index is 1100. The van der Waals surface area contributed by atoms with E-state index in [-0.39, 0.29) is 0 Å². The van der Waals surface area contributed by atoms with Gasteiger partial charge in [0, 0.05) is 6.20 Å². The minimum atomic E-state index is -5.68. The first-order valence-corrected chi connectivity index (χ1v) is 12.8. The molecule has 6 unspecified atom stereocenters. The number of nitrogens with zero attached hydrogens (tertiary/aromatic N) is 3. The van der Waals surface area contributed by atoms with Gasteiger partial charge >= 0.3 is 23.5 Å². The highest BCUT2D eigenvalue weighted by Crippen LogP contribution is 2.66. The second-order valence-corrected chi connectivity index (χ2v) is 10.8. The maximum atomic E-state index is 11.8. The van der Waals surface area contributed by atoms with Crippen LogP contribution in [0.4, 0.5) is 0 Å². The summed E-state index contributed by atoms with van der Waals surface area (Å²) in [7, 11) is -16.6. The number of rotatable bonds is 8. The van der Waals surface area contributed by atoms with Crippen LogP contribution in [-0.4, -0.2) is 69.2 Å². The van der Waals surface area contributed by atoms with Crippen LogP contribution >= 0.6 is 23.5 Å². The van der Waals surface area contributed by atoms with Crippen molar-refractivity contribution in [2.45, 2.75) is 31.5 Å². The molecule has 1 saturated heterocycles. The number of phosphoric acid groups is 3. The molecule has 1 fully saturated rings. The van der Waals surface area contributed by atoms with Gasteiger partial charge < -0.3 is 34.5 Å². The van der Waals surface area contributed by atoms with Crippen molar-refractivity contribution in [3.63, 3.8) is 0 Å². The third-order valence-electron chi connectivity index (χ3n) is 4.09. The second-order valence-electron chi connectivity index (χ2n) is 6.38. The smallest absolute Gasteiger partial charge is 0.387 e. The number of pyridine rings is 1. The normalized spacial score (nSPS) is 28.5. The number of aliphatic hydroxyl groups excluding tert-OH is 2. The van der Waals surface area contributed by atoms with Crippen molar-refractivity contribution in [1.82, 2.24) is 14.5 Å². The highest BCUT2D eigenvalue weighted by molar-refractivity contribution is 7.66. The van der Waals surface area contributed by atoms with Crippen molar-refractivity contribution in [2.24, 2.45) is 0 Å². The van der Waals surface area contributed by atoms with E-state index in [1.165, 1.54) is 17.1 Å². The fourth-order valence-corrected chi connectivity index (χ4v) is 5.84. The van der Waals surface area contributed by atoms with E-state index in [9.17, 15) is 28.8 Å². The molecule has 16 nitrogen and oxygen atoms in total. The average molecular weight is 505 g/mol. The SMILES string of the molecule is Cc1ccnc2c1ncn2C1OC(COP(=O)(O)OP(=O)(O)OP(=O)(O)O)C(O)C1O. The maximum absolute atomic E-state index is 11.8. The molecular formula is C12H18N3O13P3. The number of aromatic nitrogens is 3. The van der Waals surface area contributed by atoms with Crippen molar-refractivity contribution in [3.8, 4) is 0 Å². The van der Waals surface area contributed by atoms with E-state index in [1.54, 1.807) is 13.0 Å². The summed E-state index contributed by atoms with van der Waals surface area (Å²) in [5.74, 6) is 0. The summed E-state index contributed by atoms with van der Waals surface area (Å²) in [5, 5.41) is 20.5. The Kier molecular flexibility index (Phi) is 6.88. The van der Waals surface area contributed by atoms with Crippen LogP contribution in [0.3, 0.4) is 0 Å². The van der Waals surface area contributed by atoms with Gasteiger partial charge in [-0.05, 0) is 18.6 Å². The molecule has 0 aromatic carbocycles. The Balaban J connectivity index is 1.69. The lowest BCUT2D eigenvalue weighted by Gasteiger charge is -2.19. The van der Waals surface area contributed by atoms with Gasteiger partial charge in [0.05, 0.1) is 12.9 Å². The van der Waals surface area contributed by atoms with E-state index >= 15 is 0 Å². The van der Waals surface area contributed by atoms with Crippen molar-refractivity contribution in [3.05, 3.63) is 24.2 Å². The number of fused-ring (bicyclic) bond motifs is 1. The number of phosphoric ester groups is 1. The number of hydrogen-bond acceptors (Lipinski definition) is 11. The molecule has 0 saturated carbocycles. The van der Waals surface area contributed by atoms with Gasteiger partial charge in [-0.25, -0.2) is 23.7 Å². The van der Waals surface area contributed by atoms with Crippen LogP contribution in [0, 0.1) is 6.92 Å². The van der Waals surface area contributed by atoms with Crippen LogP contribution in [0.15, 0.2) is 18.6 Å². The quantitative estimate of drug-likeness (QED) is 0.252. The number of hydrogen-bond donors (Lipinski definition) is 6. The fraction of sp³-hybridized carbons (Fsp3) is 0.500. The molecule has 0 amide bonds. The Labute approximate surface area is 173 Å². The van der Waals surface area contributed by atoms with E-state index in [0.717, 1.165) is 5.56 Å². The standard InChI is InChI=1S/C12H18N3O13P3/c1-6-2-3-13-11-8(6)14-5-15(11)12-10(17)9(16)7(26-12)4-25-30(21,22)28-31(23,24)27-29(18,19)20/h2-3,5,7,9-10,12,16-17H,4H2,1H3,(H,21,22)(H,23,24)(H2,18,19,20). The Morgan fingerprint density at radius 1 is 1.06 bits per heavy atom. The molecule has 3 heterocycles. The zero-order chi connectivity index (χ0) is 23.2. The van der Waals surface area contributed by atoms with Crippen LogP contribution in [-0.2, 0) is 31.6 Å². The van der Waals surface area contributed by atoms with Crippen molar-refractivity contribution < 1.29 is 61.4 Å². The summed E-state index contributed by atoms with van der Waals surface area (Å²) in [4.78, 5) is 43.9. The third kappa shape index (κ3) is 5.83. The van der Waals surface area contributed by atoms with Crippen LogP contribution < -0.4 is 0 Å². The summed E-state index contributed by atoms with van der Waals surface area (Å²) >= 11 is 0. The minimum absolute atomic E-state index is 0.338. The topological polar surface area (TPSA) is 240 Å². The predicted molar refractivity (Wildman–Crippen MR) is 98.0 cm³/mol. The first kappa shape index (κ1) is 24.6. The van der Waals surface area contributed by atoms with E-state index < -0.39 is 54.6 Å². The zero-order valence-corrected chi connectivity index (χ0v) is 18.2. The fourth-order valence-electron chi connectivity index (χ4n) is 2.81. The number of imidazole rings is 1. The van der Waals surface area contributed by atoms with Crippen molar-refractivity contribution in [2.75, 3.05) is 6.61 Å². The average Bonchev–Trinajstić information content (AvgIpc) is 3.13. The van der Waals surface area contributed by atoms with Gasteiger partial charge in [0.25, 0.3) is 0 Å². The predicted octanol–water partition coefficient (Wildman–Crippen LogP) is -0.298. The summed E-state index contributed by atoms with van der Waals surface area (Å²) in [6.07, 6.45) is -2.96. The van der Waals surface area contributed by atoms with Crippen LogP contribution in [0.25, 0.3) is 11.2 Å². The Morgan fingerprint density at radius 2 is 1.74 bits per heavy atom. The zero-order valence-electron chi connectivity index (χ0n) is 15.5. The third-order valence-corrected chi connectivity index (χ3v) is 7.89. The lowest BCUT2D eigenvalue weighted by atomic mass is 10.1. The summed E-state index contributed by atoms with van der Waals surface area (Å²) in [6.45, 7) is 0.866. The van der Waals surface area contributed by atoms with Gasteiger partial charge in [-0.1, -0.05) is 0 Å². The lowest BCUT2D eigenvalue weighted by Crippen LogP contribution is -2.33. The highest BCUT2D eigenvalue weighted by Gasteiger charge is 2.46. The molecule has 19 heteroatoms. The molecule has 1 aliphatic heterocycles. The number of ether oxygens (including phenoxy) is 1. The molecule has 1 aliphatic rings. The molecular weight excluding hydrogens is 487 g/mol. The van der Waals surface area contributed by atoms with Gasteiger partial charge in [0.2, 0.25) is 0 Å². The van der Waals surface area contributed by atoms with Crippen LogP contribution in [0.5, 0.6) is 0 Å². The second kappa shape index (κ2) is 8.69. The van der Waals surface area contributed by atoms with Crippen LogP contribution in [0.2, 0.25) is 0 Å². The summed E-state index contributed by atoms with van der Waals surface area (Å²) in [5.41, 5.74) is 1.65.